The van der Waals surface area contributed by atoms with Crippen LogP contribution in [0.5, 0.6) is 0 Å². The Hall–Kier alpha value is -1.15. The Morgan fingerprint density at radius 2 is 1.95 bits per heavy atom. The van der Waals surface area contributed by atoms with E-state index in [2.05, 4.69) is 0 Å². The Morgan fingerprint density at radius 3 is 2.38 bits per heavy atom. The van der Waals surface area contributed by atoms with Crippen LogP contribution in [0.1, 0.15) is 33.1 Å². The summed E-state index contributed by atoms with van der Waals surface area (Å²) in [7, 11) is -1.77. The van der Waals surface area contributed by atoms with Crippen LogP contribution in [-0.4, -0.2) is 66.5 Å². The van der Waals surface area contributed by atoms with Gasteiger partial charge in [-0.15, -0.1) is 0 Å². The fourth-order valence-corrected chi connectivity index (χ4v) is 4.33. The van der Waals surface area contributed by atoms with Gasteiger partial charge in [0.15, 0.2) is 0 Å². The average Bonchev–Trinajstić information content (AvgIpc) is 2.68. The summed E-state index contributed by atoms with van der Waals surface area (Å²) in [4.78, 5) is 24.4. The zero-order valence-electron chi connectivity index (χ0n) is 12.8. The topological polar surface area (TPSA) is 95.0 Å². The van der Waals surface area contributed by atoms with Crippen LogP contribution in [0.3, 0.4) is 0 Å². The summed E-state index contributed by atoms with van der Waals surface area (Å²) in [5.41, 5.74) is 0. The van der Waals surface area contributed by atoms with E-state index >= 15 is 0 Å². The first-order valence-corrected chi connectivity index (χ1v) is 8.74. The number of nitrogens with zero attached hydrogens (tertiary/aromatic N) is 2. The van der Waals surface area contributed by atoms with E-state index in [4.69, 9.17) is 5.11 Å². The summed E-state index contributed by atoms with van der Waals surface area (Å²) < 4.78 is 25.3. The van der Waals surface area contributed by atoms with E-state index in [-0.39, 0.29) is 24.0 Å². The van der Waals surface area contributed by atoms with Crippen LogP contribution >= 0.6 is 0 Å². The lowest BCUT2D eigenvalue weighted by molar-refractivity contribution is -0.139. The fraction of sp³-hybridized carbons (Fsp3) is 0.846. The Morgan fingerprint density at radius 1 is 1.33 bits per heavy atom. The van der Waals surface area contributed by atoms with Crippen LogP contribution in [0.4, 0.5) is 0 Å². The van der Waals surface area contributed by atoms with E-state index in [0.29, 0.717) is 25.9 Å². The van der Waals surface area contributed by atoms with Crippen molar-refractivity contribution >= 4 is 21.9 Å². The highest BCUT2D eigenvalue weighted by molar-refractivity contribution is 7.89. The molecular weight excluding hydrogens is 296 g/mol. The minimum absolute atomic E-state index is 0.00796. The molecule has 1 amide bonds. The van der Waals surface area contributed by atoms with Gasteiger partial charge >= 0.3 is 5.97 Å². The van der Waals surface area contributed by atoms with Crippen molar-refractivity contribution in [2.24, 2.45) is 5.92 Å². The number of aliphatic carboxylic acids is 1. The third kappa shape index (κ3) is 4.67. The minimum atomic E-state index is -3.35. The van der Waals surface area contributed by atoms with Crippen LogP contribution in [-0.2, 0) is 19.6 Å². The number of carbonyl (C=O) groups is 2. The van der Waals surface area contributed by atoms with Crippen molar-refractivity contribution in [2.45, 2.75) is 39.2 Å². The van der Waals surface area contributed by atoms with Gasteiger partial charge in [0.05, 0.1) is 5.75 Å². The van der Waals surface area contributed by atoms with Crippen LogP contribution in [0, 0.1) is 5.92 Å². The maximum absolute atomic E-state index is 12.5. The van der Waals surface area contributed by atoms with Gasteiger partial charge in [-0.25, -0.2) is 8.42 Å². The maximum atomic E-state index is 12.5. The summed E-state index contributed by atoms with van der Waals surface area (Å²) in [6.07, 6.45) is 0.892. The largest absolute Gasteiger partial charge is 0.481 e. The molecule has 8 heteroatoms. The Balaban J connectivity index is 2.76. The molecule has 1 unspecified atom stereocenters. The number of carboxylic acid groups (broad SMARTS) is 1. The number of hydrogen-bond acceptors (Lipinski definition) is 4. The molecule has 122 valence electrons. The number of carbonyl (C=O) groups excluding carboxylic acids is 1. The Labute approximate surface area is 126 Å². The van der Waals surface area contributed by atoms with E-state index in [9.17, 15) is 18.0 Å². The normalized spacial score (nSPS) is 19.6. The predicted octanol–water partition coefficient (Wildman–Crippen LogP) is 0.370. The quantitative estimate of drug-likeness (QED) is 0.731. The molecule has 1 rings (SSSR count). The van der Waals surface area contributed by atoms with E-state index in [1.54, 1.807) is 7.05 Å². The van der Waals surface area contributed by atoms with Crippen LogP contribution < -0.4 is 0 Å². The number of likely N-dealkylation sites (N-methyl/N-ethyl adjacent to an activating group) is 1. The van der Waals surface area contributed by atoms with Crippen molar-refractivity contribution in [3.05, 3.63) is 0 Å². The van der Waals surface area contributed by atoms with Gasteiger partial charge in [-0.05, 0) is 18.8 Å². The summed E-state index contributed by atoms with van der Waals surface area (Å²) in [5.74, 6) is -1.21. The SMILES string of the molecule is CC(C)C(C(=O)N(C)CCCC(=O)O)N1CCCS1(=O)=O. The van der Waals surface area contributed by atoms with Crippen molar-refractivity contribution < 1.29 is 23.1 Å². The lowest BCUT2D eigenvalue weighted by Crippen LogP contribution is -2.51. The maximum Gasteiger partial charge on any atom is 0.303 e. The lowest BCUT2D eigenvalue weighted by Gasteiger charge is -2.32. The van der Waals surface area contributed by atoms with E-state index < -0.39 is 22.0 Å². The summed E-state index contributed by atoms with van der Waals surface area (Å²) in [6.45, 7) is 4.32. The Bertz CT molecular complexity index is 489. The molecule has 0 aliphatic carbocycles. The molecule has 0 aromatic carbocycles. The predicted molar refractivity (Wildman–Crippen MR) is 78.2 cm³/mol. The molecular formula is C13H24N2O5S. The number of hydrogen-bond donors (Lipinski definition) is 1. The number of rotatable bonds is 7. The third-order valence-corrected chi connectivity index (χ3v) is 5.52. The van der Waals surface area contributed by atoms with Gasteiger partial charge in [0.25, 0.3) is 0 Å². The standard InChI is InChI=1S/C13H24N2O5S/c1-10(2)12(15-8-5-9-21(15,19)20)13(18)14(3)7-4-6-11(16)17/h10,12H,4-9H2,1-3H3,(H,16,17). The molecule has 0 aromatic rings. The number of sulfonamides is 1. The molecule has 7 nitrogen and oxygen atoms in total. The van der Waals surface area contributed by atoms with Gasteiger partial charge in [0.1, 0.15) is 6.04 Å². The second-order valence-electron chi connectivity index (χ2n) is 5.73. The molecule has 1 atom stereocenters. The first kappa shape index (κ1) is 17.9. The minimum Gasteiger partial charge on any atom is -0.481 e. The van der Waals surface area contributed by atoms with Gasteiger partial charge in [0, 0.05) is 26.6 Å². The summed E-state index contributed by atoms with van der Waals surface area (Å²) in [5, 5.41) is 8.61. The van der Waals surface area contributed by atoms with Gasteiger partial charge in [-0.1, -0.05) is 13.8 Å². The summed E-state index contributed by atoms with van der Waals surface area (Å²) in [6, 6.07) is -0.702. The Kier molecular flexibility index (Phi) is 6.15. The van der Waals surface area contributed by atoms with E-state index in [1.807, 2.05) is 13.8 Å². The molecule has 0 aromatic heterocycles. The zero-order chi connectivity index (χ0) is 16.2. The molecule has 0 bridgehead atoms. The number of carboxylic acids is 1. The molecule has 1 fully saturated rings. The highest BCUT2D eigenvalue weighted by Crippen LogP contribution is 2.23. The zero-order valence-corrected chi connectivity index (χ0v) is 13.6. The highest BCUT2D eigenvalue weighted by Gasteiger charge is 2.40. The van der Waals surface area contributed by atoms with Gasteiger partial charge < -0.3 is 10.0 Å². The monoisotopic (exact) mass is 320 g/mol. The van der Waals surface area contributed by atoms with E-state index in [1.165, 1.54) is 9.21 Å². The van der Waals surface area contributed by atoms with Crippen molar-refractivity contribution in [3.8, 4) is 0 Å². The van der Waals surface area contributed by atoms with Crippen molar-refractivity contribution in [1.29, 1.82) is 0 Å². The molecule has 1 aliphatic heterocycles. The first-order valence-electron chi connectivity index (χ1n) is 7.13. The molecule has 0 saturated carbocycles. The molecule has 0 spiro atoms. The van der Waals surface area contributed by atoms with Crippen LogP contribution in [0.15, 0.2) is 0 Å². The summed E-state index contributed by atoms with van der Waals surface area (Å²) >= 11 is 0. The van der Waals surface area contributed by atoms with Gasteiger partial charge in [-0.3, -0.25) is 9.59 Å². The van der Waals surface area contributed by atoms with Gasteiger partial charge in [0.2, 0.25) is 15.9 Å². The highest BCUT2D eigenvalue weighted by atomic mass is 32.2. The average molecular weight is 320 g/mol. The molecule has 1 aliphatic rings. The number of amides is 1. The van der Waals surface area contributed by atoms with Crippen molar-refractivity contribution in [2.75, 3.05) is 25.9 Å². The molecule has 1 N–H and O–H groups in total. The van der Waals surface area contributed by atoms with Crippen LogP contribution in [0.2, 0.25) is 0 Å². The third-order valence-electron chi connectivity index (χ3n) is 3.59. The van der Waals surface area contributed by atoms with Crippen LogP contribution in [0.25, 0.3) is 0 Å². The van der Waals surface area contributed by atoms with Gasteiger partial charge in [-0.2, -0.15) is 4.31 Å². The molecule has 21 heavy (non-hydrogen) atoms. The second kappa shape index (κ2) is 7.22. The second-order valence-corrected chi connectivity index (χ2v) is 7.77. The molecule has 1 heterocycles. The first-order chi connectivity index (χ1) is 9.66. The van der Waals surface area contributed by atoms with Crippen molar-refractivity contribution in [3.63, 3.8) is 0 Å². The smallest absolute Gasteiger partial charge is 0.303 e. The molecule has 1 saturated heterocycles. The lowest BCUT2D eigenvalue weighted by atomic mass is 10.0. The van der Waals surface area contributed by atoms with Crippen molar-refractivity contribution in [1.82, 2.24) is 9.21 Å². The molecule has 0 radical (unpaired) electrons. The van der Waals surface area contributed by atoms with E-state index in [0.717, 1.165) is 0 Å². The fourth-order valence-electron chi connectivity index (χ4n) is 2.52.